The lowest BCUT2D eigenvalue weighted by molar-refractivity contribution is 1.64. The number of rotatable bonds is 1. The summed E-state index contributed by atoms with van der Waals surface area (Å²) >= 11 is 8.05. The van der Waals surface area contributed by atoms with Crippen LogP contribution >= 0.6 is 28.1 Å². The first kappa shape index (κ1) is 6.90. The van der Waals surface area contributed by atoms with E-state index in [2.05, 4.69) is 15.9 Å². The lowest BCUT2D eigenvalue weighted by Gasteiger charge is -1.89. The molecule has 1 aromatic rings. The predicted octanol–water partition coefficient (Wildman–Crippen LogP) is 2.80. The molecular weight excluding hydrogens is 196 g/mol. The lowest BCUT2D eigenvalue weighted by atomic mass is 10.2. The van der Waals surface area contributed by atoms with Crippen LogP contribution in [-0.4, -0.2) is 5.37 Å². The molecule has 0 aliphatic rings. The summed E-state index contributed by atoms with van der Waals surface area (Å²) < 4.78 is 1.09. The van der Waals surface area contributed by atoms with Crippen molar-refractivity contribution in [1.29, 1.82) is 0 Å². The molecule has 0 heterocycles. The summed E-state index contributed by atoms with van der Waals surface area (Å²) in [5, 5.41) is 1.66. The minimum absolute atomic E-state index is 1.08. The molecule has 0 aromatic heterocycles. The fourth-order valence-electron chi connectivity index (χ4n) is 0.541. The molecule has 0 spiro atoms. The summed E-state index contributed by atoms with van der Waals surface area (Å²) in [5.41, 5.74) is 1.08. The summed E-state index contributed by atoms with van der Waals surface area (Å²) in [6, 6.07) is 7.88. The molecule has 46 valence electrons. The molecule has 0 aliphatic carbocycles. The van der Waals surface area contributed by atoms with Crippen molar-refractivity contribution in [3.63, 3.8) is 0 Å². The molecule has 1 rings (SSSR count). The van der Waals surface area contributed by atoms with E-state index in [1.54, 1.807) is 5.37 Å². The average molecular weight is 201 g/mol. The zero-order valence-electron chi connectivity index (χ0n) is 4.67. The minimum Gasteiger partial charge on any atom is -0.0881 e. The van der Waals surface area contributed by atoms with Gasteiger partial charge >= 0.3 is 0 Å². The summed E-state index contributed by atoms with van der Waals surface area (Å²) in [5.74, 6) is 0. The second-order valence-corrected chi connectivity index (χ2v) is 2.82. The molecule has 0 atom stereocenters. The third-order valence-corrected chi connectivity index (χ3v) is 1.81. The third-order valence-electron chi connectivity index (χ3n) is 1.01. The zero-order chi connectivity index (χ0) is 6.69. The van der Waals surface area contributed by atoms with Crippen LogP contribution in [0.1, 0.15) is 5.56 Å². The SMILES string of the molecule is S=Cc1ccc(Br)cc1. The van der Waals surface area contributed by atoms with E-state index in [4.69, 9.17) is 12.2 Å². The minimum atomic E-state index is 1.08. The van der Waals surface area contributed by atoms with Crippen LogP contribution in [0.15, 0.2) is 28.7 Å². The Kier molecular flexibility index (Phi) is 2.37. The second-order valence-electron chi connectivity index (χ2n) is 1.67. The maximum absolute atomic E-state index is 4.72. The summed E-state index contributed by atoms with van der Waals surface area (Å²) in [6.45, 7) is 0. The number of hydrogen-bond acceptors (Lipinski definition) is 1. The van der Waals surface area contributed by atoms with E-state index in [9.17, 15) is 0 Å². The molecule has 0 unspecified atom stereocenters. The molecule has 2 heteroatoms. The normalized spacial score (nSPS) is 9.00. The van der Waals surface area contributed by atoms with Gasteiger partial charge in [0.05, 0.1) is 0 Å². The summed E-state index contributed by atoms with van der Waals surface area (Å²) in [6.07, 6.45) is 0. The molecule has 9 heavy (non-hydrogen) atoms. The van der Waals surface area contributed by atoms with Crippen LogP contribution in [0.4, 0.5) is 0 Å². The van der Waals surface area contributed by atoms with Gasteiger partial charge in [0.25, 0.3) is 0 Å². The second kappa shape index (κ2) is 3.08. The Balaban J connectivity index is 3.01. The Morgan fingerprint density at radius 2 is 1.78 bits per heavy atom. The van der Waals surface area contributed by atoms with Gasteiger partial charge in [0.2, 0.25) is 0 Å². The van der Waals surface area contributed by atoms with E-state index in [-0.39, 0.29) is 0 Å². The topological polar surface area (TPSA) is 0 Å². The van der Waals surface area contributed by atoms with Gasteiger partial charge in [-0.25, -0.2) is 0 Å². The Labute approximate surface area is 68.0 Å². The van der Waals surface area contributed by atoms with Crippen LogP contribution in [0.2, 0.25) is 0 Å². The highest BCUT2D eigenvalue weighted by atomic mass is 79.9. The van der Waals surface area contributed by atoms with E-state index < -0.39 is 0 Å². The number of thiocarbonyl (C=S) groups is 1. The largest absolute Gasteiger partial charge is 0.0881 e. The van der Waals surface area contributed by atoms with Crippen molar-refractivity contribution in [2.75, 3.05) is 0 Å². The van der Waals surface area contributed by atoms with Gasteiger partial charge in [-0.05, 0) is 17.7 Å². The first-order valence-corrected chi connectivity index (χ1v) is 3.80. The molecule has 0 amide bonds. The monoisotopic (exact) mass is 200 g/mol. The number of benzene rings is 1. The Bertz CT molecular complexity index is 203. The standard InChI is InChI=1S/C7H5BrS/c8-7-3-1-6(5-9)2-4-7/h1-5H. The Morgan fingerprint density at radius 3 is 2.22 bits per heavy atom. The van der Waals surface area contributed by atoms with E-state index in [0.717, 1.165) is 10.0 Å². The van der Waals surface area contributed by atoms with Gasteiger partial charge in [-0.3, -0.25) is 0 Å². The van der Waals surface area contributed by atoms with Gasteiger partial charge in [0.15, 0.2) is 0 Å². The molecule has 0 fully saturated rings. The van der Waals surface area contributed by atoms with Crippen molar-refractivity contribution in [3.05, 3.63) is 34.3 Å². The van der Waals surface area contributed by atoms with E-state index >= 15 is 0 Å². The lowest BCUT2D eigenvalue weighted by Crippen LogP contribution is -1.73. The van der Waals surface area contributed by atoms with Gasteiger partial charge in [0, 0.05) is 9.84 Å². The van der Waals surface area contributed by atoms with E-state index in [0.29, 0.717) is 0 Å². The molecule has 0 saturated heterocycles. The van der Waals surface area contributed by atoms with Crippen molar-refractivity contribution in [1.82, 2.24) is 0 Å². The number of hydrogen-bond donors (Lipinski definition) is 0. The van der Waals surface area contributed by atoms with Crippen LogP contribution in [0, 0.1) is 0 Å². The highest BCUT2D eigenvalue weighted by Crippen LogP contribution is 2.08. The maximum atomic E-state index is 4.72. The quantitative estimate of drug-likeness (QED) is 0.629. The van der Waals surface area contributed by atoms with Gasteiger partial charge < -0.3 is 0 Å². The van der Waals surface area contributed by atoms with Gasteiger partial charge in [-0.2, -0.15) is 0 Å². The predicted molar refractivity (Wildman–Crippen MR) is 46.9 cm³/mol. The molecule has 1 aromatic carbocycles. The molecule has 0 saturated carbocycles. The molecule has 0 bridgehead atoms. The van der Waals surface area contributed by atoms with Crippen molar-refractivity contribution in [3.8, 4) is 0 Å². The molecular formula is C7H5BrS. The first-order chi connectivity index (χ1) is 4.33. The first-order valence-electron chi connectivity index (χ1n) is 2.53. The van der Waals surface area contributed by atoms with Gasteiger partial charge in [-0.1, -0.05) is 40.3 Å². The van der Waals surface area contributed by atoms with Crippen LogP contribution in [0.3, 0.4) is 0 Å². The van der Waals surface area contributed by atoms with E-state index in [1.165, 1.54) is 0 Å². The average Bonchev–Trinajstić information content (AvgIpc) is 1.90. The smallest absolute Gasteiger partial charge is 0.0175 e. The van der Waals surface area contributed by atoms with Gasteiger partial charge in [0.1, 0.15) is 0 Å². The highest BCUT2D eigenvalue weighted by molar-refractivity contribution is 9.10. The zero-order valence-corrected chi connectivity index (χ0v) is 7.08. The van der Waals surface area contributed by atoms with Crippen LogP contribution < -0.4 is 0 Å². The highest BCUT2D eigenvalue weighted by Gasteiger charge is 1.84. The van der Waals surface area contributed by atoms with Crippen molar-refractivity contribution in [2.45, 2.75) is 0 Å². The molecule has 0 radical (unpaired) electrons. The van der Waals surface area contributed by atoms with Crippen LogP contribution in [0.25, 0.3) is 0 Å². The van der Waals surface area contributed by atoms with Crippen molar-refractivity contribution in [2.24, 2.45) is 0 Å². The molecule has 0 nitrogen and oxygen atoms in total. The van der Waals surface area contributed by atoms with Crippen LogP contribution in [-0.2, 0) is 0 Å². The molecule has 0 aliphatic heterocycles. The van der Waals surface area contributed by atoms with Gasteiger partial charge in [-0.15, -0.1) is 0 Å². The maximum Gasteiger partial charge on any atom is 0.0175 e. The molecule has 0 N–H and O–H groups in total. The van der Waals surface area contributed by atoms with E-state index in [1.807, 2.05) is 24.3 Å². The van der Waals surface area contributed by atoms with Crippen molar-refractivity contribution >= 4 is 33.5 Å². The number of halogens is 1. The summed E-state index contributed by atoms with van der Waals surface area (Å²) in [4.78, 5) is 0. The third kappa shape index (κ3) is 1.88. The van der Waals surface area contributed by atoms with Crippen molar-refractivity contribution < 1.29 is 0 Å². The Morgan fingerprint density at radius 1 is 1.22 bits per heavy atom. The Hall–Kier alpha value is -0.210. The fraction of sp³-hybridized carbons (Fsp3) is 0. The fourth-order valence-corrected chi connectivity index (χ4v) is 0.963. The van der Waals surface area contributed by atoms with Crippen LogP contribution in [0.5, 0.6) is 0 Å². The summed E-state index contributed by atoms with van der Waals surface area (Å²) in [7, 11) is 0.